The second-order valence-electron chi connectivity index (χ2n) is 9.11. The molecule has 0 atom stereocenters. The second-order valence-corrected chi connectivity index (χ2v) is 12.4. The van der Waals surface area contributed by atoms with Gasteiger partial charge >= 0.3 is 35.3 Å². The van der Waals surface area contributed by atoms with Crippen molar-refractivity contribution in [1.29, 1.82) is 10.5 Å². The Morgan fingerprint density at radius 1 is 0.700 bits per heavy atom. The Balaban J connectivity index is -0.000000582. The summed E-state index contributed by atoms with van der Waals surface area (Å²) >= 11 is -0.472. The standard InChI is InChI=1S/C28H44N2.C2H3N.CHN.CH4.CH3.2ClH.Pt/c1-3-5-7-9-11-13-15-17-25-19-21-29-27(23-25)28-24-26(20-22-30-28)18-16-14-12-10-8-6-4-2;1-2-3;1-2;;;;;/h19-24H,3-18H2,1-2H3;1H3;1H;1H4;1H3;2*1H;/q;;;;-1;;;+2/p-2. The SMILES string of the molecule is C.C#N.CC#N.CCCCCCCCCc1ccnc(-c2cc(CCCCCCCCC)ccn2)c1.[CH3-].[Cl][Pt][Cl]. The van der Waals surface area contributed by atoms with Crippen molar-refractivity contribution in [3.05, 3.63) is 55.2 Å². The van der Waals surface area contributed by atoms with Gasteiger partial charge in [-0.15, -0.1) is 0 Å². The average Bonchev–Trinajstić information content (AvgIpc) is 2.94. The van der Waals surface area contributed by atoms with E-state index < -0.39 is 16.5 Å². The van der Waals surface area contributed by atoms with E-state index in [1.54, 1.807) is 6.07 Å². The van der Waals surface area contributed by atoms with Crippen molar-refractivity contribution in [2.24, 2.45) is 0 Å². The zero-order chi connectivity index (χ0) is 28.7. The Labute approximate surface area is 264 Å². The summed E-state index contributed by atoms with van der Waals surface area (Å²) in [7, 11) is 9.75. The maximum absolute atomic E-state index is 7.32. The first-order chi connectivity index (χ1) is 18.7. The Hall–Kier alpha value is -1.45. The Morgan fingerprint density at radius 3 is 1.27 bits per heavy atom. The molecule has 2 rings (SSSR count). The van der Waals surface area contributed by atoms with Crippen LogP contribution in [-0.2, 0) is 29.3 Å². The van der Waals surface area contributed by atoms with E-state index in [0.717, 1.165) is 24.2 Å². The topological polar surface area (TPSA) is 73.4 Å². The summed E-state index contributed by atoms with van der Waals surface area (Å²) in [4.78, 5) is 9.21. The first-order valence-electron chi connectivity index (χ1n) is 14.0. The Kier molecular flexibility index (Phi) is 42.7. The third-order valence-corrected chi connectivity index (χ3v) is 6.05. The summed E-state index contributed by atoms with van der Waals surface area (Å²) in [6.07, 6.45) is 25.2. The summed E-state index contributed by atoms with van der Waals surface area (Å²) < 4.78 is 0. The van der Waals surface area contributed by atoms with Gasteiger partial charge in [0.15, 0.2) is 0 Å². The Morgan fingerprint density at radius 2 is 0.975 bits per heavy atom. The van der Waals surface area contributed by atoms with Gasteiger partial charge in [-0.3, -0.25) is 9.97 Å². The van der Waals surface area contributed by atoms with E-state index in [1.807, 2.05) is 12.4 Å². The normalized spacial score (nSPS) is 9.15. The molecular weight excluding hydrogens is 718 g/mol. The van der Waals surface area contributed by atoms with Crippen molar-refractivity contribution in [2.45, 2.75) is 131 Å². The van der Waals surface area contributed by atoms with Crippen LogP contribution in [0.3, 0.4) is 0 Å². The molecule has 40 heavy (non-hydrogen) atoms. The molecule has 0 unspecified atom stereocenters. The molecule has 0 bridgehead atoms. The maximum atomic E-state index is 7.32. The van der Waals surface area contributed by atoms with Crippen molar-refractivity contribution in [3.63, 3.8) is 0 Å². The van der Waals surface area contributed by atoms with Crippen molar-refractivity contribution in [3.8, 4) is 24.0 Å². The molecule has 2 heterocycles. The molecule has 232 valence electrons. The third-order valence-electron chi connectivity index (χ3n) is 6.05. The minimum absolute atomic E-state index is 0. The van der Waals surface area contributed by atoms with Gasteiger partial charge in [-0.2, -0.15) is 5.26 Å². The first kappa shape index (κ1) is 45.5. The average molecular weight is 774 g/mol. The summed E-state index contributed by atoms with van der Waals surface area (Å²) in [6, 6.07) is 10.6. The minimum atomic E-state index is -0.472. The molecule has 7 heteroatoms. The van der Waals surface area contributed by atoms with Crippen molar-refractivity contribution in [2.75, 3.05) is 0 Å². The quantitative estimate of drug-likeness (QED) is 0.119. The van der Waals surface area contributed by atoms with Crippen LogP contribution in [0.4, 0.5) is 0 Å². The van der Waals surface area contributed by atoms with Crippen LogP contribution >= 0.6 is 18.8 Å². The van der Waals surface area contributed by atoms with Gasteiger partial charge in [-0.05, 0) is 61.1 Å². The molecule has 0 saturated heterocycles. The van der Waals surface area contributed by atoms with Crippen molar-refractivity contribution >= 4 is 18.8 Å². The molecule has 0 fully saturated rings. The number of aryl methyl sites for hydroxylation is 2. The first-order valence-corrected chi connectivity index (χ1v) is 19.6. The fraction of sp³-hybridized carbons (Fsp3) is 0.606. The van der Waals surface area contributed by atoms with Gasteiger partial charge in [0.2, 0.25) is 0 Å². The number of unbranched alkanes of at least 4 members (excludes halogenated alkanes) is 12. The molecule has 0 aliphatic heterocycles. The van der Waals surface area contributed by atoms with Gasteiger partial charge in [0.1, 0.15) is 0 Å². The molecule has 0 radical (unpaired) electrons. The zero-order valence-corrected chi connectivity index (χ0v) is 28.5. The number of halogens is 2. The molecular formula is C33H55Cl2N4Pt-. The van der Waals surface area contributed by atoms with Crippen LogP contribution in [0.2, 0.25) is 0 Å². The monoisotopic (exact) mass is 772 g/mol. The van der Waals surface area contributed by atoms with Crippen molar-refractivity contribution < 1.29 is 16.5 Å². The predicted octanol–water partition coefficient (Wildman–Crippen LogP) is 11.9. The summed E-state index contributed by atoms with van der Waals surface area (Å²) in [5, 5.41) is 13.8. The van der Waals surface area contributed by atoms with E-state index in [4.69, 9.17) is 29.4 Å². The Bertz CT molecular complexity index is 781. The number of aromatic nitrogens is 2. The van der Waals surface area contributed by atoms with Crippen LogP contribution in [0.1, 0.15) is 129 Å². The van der Waals surface area contributed by atoms with Gasteiger partial charge in [0.25, 0.3) is 0 Å². The molecule has 0 N–H and O–H groups in total. The summed E-state index contributed by atoms with van der Waals surface area (Å²) in [6.45, 7) is 9.49. The molecule has 2 aromatic rings. The van der Waals surface area contributed by atoms with Crippen LogP contribution < -0.4 is 0 Å². The van der Waals surface area contributed by atoms with E-state index in [-0.39, 0.29) is 14.9 Å². The van der Waals surface area contributed by atoms with Crippen LogP contribution in [0.5, 0.6) is 0 Å². The van der Waals surface area contributed by atoms with E-state index in [2.05, 4.69) is 54.7 Å². The van der Waals surface area contributed by atoms with E-state index >= 15 is 0 Å². The van der Waals surface area contributed by atoms with Crippen molar-refractivity contribution in [1.82, 2.24) is 9.97 Å². The molecule has 2 aromatic heterocycles. The molecule has 4 nitrogen and oxygen atoms in total. The fourth-order valence-electron chi connectivity index (χ4n) is 4.11. The van der Waals surface area contributed by atoms with Gasteiger partial charge in [0.05, 0.1) is 17.5 Å². The molecule has 0 spiro atoms. The van der Waals surface area contributed by atoms with Crippen LogP contribution in [0.15, 0.2) is 36.7 Å². The van der Waals surface area contributed by atoms with Crippen LogP contribution in [-0.4, -0.2) is 9.97 Å². The summed E-state index contributed by atoms with van der Waals surface area (Å²) in [5.41, 5.74) is 4.84. The van der Waals surface area contributed by atoms with Gasteiger partial charge in [-0.1, -0.05) is 98.3 Å². The van der Waals surface area contributed by atoms with E-state index in [0.29, 0.717) is 0 Å². The van der Waals surface area contributed by atoms with Gasteiger partial charge < -0.3 is 7.43 Å². The van der Waals surface area contributed by atoms with Crippen LogP contribution in [0, 0.1) is 30.6 Å². The number of hydrogen-bond acceptors (Lipinski definition) is 4. The fourth-order valence-corrected chi connectivity index (χ4v) is 4.11. The number of rotatable bonds is 17. The molecule has 0 aromatic carbocycles. The number of pyridine rings is 2. The predicted molar refractivity (Wildman–Crippen MR) is 174 cm³/mol. The zero-order valence-electron chi connectivity index (χ0n) is 24.7. The van der Waals surface area contributed by atoms with Gasteiger partial charge in [-0.25, -0.2) is 5.26 Å². The molecule has 0 saturated carbocycles. The van der Waals surface area contributed by atoms with E-state index in [1.165, 1.54) is 108 Å². The van der Waals surface area contributed by atoms with E-state index in [9.17, 15) is 0 Å². The molecule has 0 amide bonds. The third kappa shape index (κ3) is 28.1. The van der Waals surface area contributed by atoms with Crippen LogP contribution in [0.25, 0.3) is 11.4 Å². The molecule has 0 aliphatic rings. The second kappa shape index (κ2) is 37.5. The van der Waals surface area contributed by atoms with Gasteiger partial charge in [0, 0.05) is 25.9 Å². The molecule has 0 aliphatic carbocycles. The number of hydrogen-bond donors (Lipinski definition) is 0. The number of nitriles is 2. The summed E-state index contributed by atoms with van der Waals surface area (Å²) in [5.74, 6) is 0. The number of nitrogens with zero attached hydrogens (tertiary/aromatic N) is 4.